The first kappa shape index (κ1) is 20.8. The van der Waals surface area contributed by atoms with Crippen molar-refractivity contribution in [2.75, 3.05) is 26.2 Å². The number of aryl methyl sites for hydroxylation is 1. The first-order valence-corrected chi connectivity index (χ1v) is 11.2. The molecular weight excluding hydrogens is 368 g/mol. The van der Waals surface area contributed by atoms with Crippen LogP contribution in [0.2, 0.25) is 0 Å². The van der Waals surface area contributed by atoms with Crippen LogP contribution >= 0.6 is 11.3 Å². The Balaban J connectivity index is 1.54. The molecule has 1 saturated heterocycles. The van der Waals surface area contributed by atoms with Gasteiger partial charge in [-0.15, -0.1) is 11.3 Å². The number of thiazole rings is 1. The van der Waals surface area contributed by atoms with Crippen LogP contribution in [0.1, 0.15) is 50.4 Å². The molecule has 7 heteroatoms. The van der Waals surface area contributed by atoms with Crippen molar-refractivity contribution in [3.8, 4) is 0 Å². The Morgan fingerprint density at radius 2 is 2.21 bits per heavy atom. The summed E-state index contributed by atoms with van der Waals surface area (Å²) in [6.45, 7) is 12.6. The highest BCUT2D eigenvalue weighted by atomic mass is 32.1. The summed E-state index contributed by atoms with van der Waals surface area (Å²) in [5, 5.41) is 11.1. The zero-order valence-corrected chi connectivity index (χ0v) is 18.7. The summed E-state index contributed by atoms with van der Waals surface area (Å²) in [6.07, 6.45) is 7.32. The van der Waals surface area contributed by atoms with E-state index >= 15 is 0 Å². The SMILES string of the molecule is CCNC(=NCCc1nc(C(C)(C)C)cs1)N1CCC(Cc2cnn(C)c2)C1. The van der Waals surface area contributed by atoms with Gasteiger partial charge in [0.2, 0.25) is 0 Å². The molecule has 154 valence electrons. The number of guanidine groups is 1. The molecule has 0 aromatic carbocycles. The molecule has 0 radical (unpaired) electrons. The molecule has 0 amide bonds. The van der Waals surface area contributed by atoms with Crippen LogP contribution in [0.3, 0.4) is 0 Å². The van der Waals surface area contributed by atoms with Crippen LogP contribution in [0, 0.1) is 5.92 Å². The van der Waals surface area contributed by atoms with Crippen LogP contribution < -0.4 is 5.32 Å². The molecule has 1 atom stereocenters. The number of aliphatic imine (C=N–C) groups is 1. The number of rotatable bonds is 6. The fourth-order valence-corrected chi connectivity index (χ4v) is 4.57. The first-order valence-electron chi connectivity index (χ1n) is 10.3. The summed E-state index contributed by atoms with van der Waals surface area (Å²) in [6, 6.07) is 0. The molecule has 6 nitrogen and oxygen atoms in total. The molecule has 0 saturated carbocycles. The van der Waals surface area contributed by atoms with E-state index in [-0.39, 0.29) is 5.41 Å². The van der Waals surface area contributed by atoms with Gasteiger partial charge in [-0.1, -0.05) is 20.8 Å². The largest absolute Gasteiger partial charge is 0.357 e. The molecule has 1 unspecified atom stereocenters. The van der Waals surface area contributed by atoms with Gasteiger partial charge < -0.3 is 10.2 Å². The van der Waals surface area contributed by atoms with Crippen molar-refractivity contribution in [2.45, 2.75) is 52.4 Å². The molecule has 2 aromatic rings. The van der Waals surface area contributed by atoms with Gasteiger partial charge in [0.05, 0.1) is 16.9 Å². The smallest absolute Gasteiger partial charge is 0.193 e. The highest BCUT2D eigenvalue weighted by molar-refractivity contribution is 7.09. The zero-order valence-electron chi connectivity index (χ0n) is 17.9. The van der Waals surface area contributed by atoms with Crippen molar-refractivity contribution in [3.63, 3.8) is 0 Å². The lowest BCUT2D eigenvalue weighted by atomic mass is 9.93. The second-order valence-corrected chi connectivity index (χ2v) is 9.63. The first-order chi connectivity index (χ1) is 13.3. The van der Waals surface area contributed by atoms with E-state index in [4.69, 9.17) is 9.98 Å². The molecule has 1 aliphatic rings. The van der Waals surface area contributed by atoms with Crippen molar-refractivity contribution in [2.24, 2.45) is 18.0 Å². The van der Waals surface area contributed by atoms with Gasteiger partial charge in [-0.3, -0.25) is 9.67 Å². The molecule has 1 aliphatic heterocycles. The van der Waals surface area contributed by atoms with E-state index in [1.807, 2.05) is 17.9 Å². The minimum absolute atomic E-state index is 0.117. The summed E-state index contributed by atoms with van der Waals surface area (Å²) < 4.78 is 1.89. The van der Waals surface area contributed by atoms with Gasteiger partial charge in [-0.2, -0.15) is 5.10 Å². The van der Waals surface area contributed by atoms with Crippen LogP contribution in [-0.4, -0.2) is 51.8 Å². The number of nitrogens with zero attached hydrogens (tertiary/aromatic N) is 5. The van der Waals surface area contributed by atoms with Crippen molar-refractivity contribution < 1.29 is 0 Å². The van der Waals surface area contributed by atoms with Crippen molar-refractivity contribution in [1.82, 2.24) is 25.0 Å². The predicted molar refractivity (Wildman–Crippen MR) is 117 cm³/mol. The van der Waals surface area contributed by atoms with Crippen molar-refractivity contribution >= 4 is 17.3 Å². The lowest BCUT2D eigenvalue weighted by Gasteiger charge is -2.21. The number of hydrogen-bond donors (Lipinski definition) is 1. The van der Waals surface area contributed by atoms with Crippen LogP contribution in [-0.2, 0) is 25.3 Å². The summed E-state index contributed by atoms with van der Waals surface area (Å²) in [4.78, 5) is 12.1. The van der Waals surface area contributed by atoms with E-state index in [1.54, 1.807) is 11.3 Å². The average Bonchev–Trinajstić information content (AvgIpc) is 3.35. The summed E-state index contributed by atoms with van der Waals surface area (Å²) >= 11 is 1.76. The molecule has 1 N–H and O–H groups in total. The lowest BCUT2D eigenvalue weighted by Crippen LogP contribution is -2.40. The van der Waals surface area contributed by atoms with E-state index in [9.17, 15) is 0 Å². The summed E-state index contributed by atoms with van der Waals surface area (Å²) in [7, 11) is 1.98. The third-order valence-electron chi connectivity index (χ3n) is 5.11. The highest BCUT2D eigenvalue weighted by Crippen LogP contribution is 2.24. The second-order valence-electron chi connectivity index (χ2n) is 8.69. The fraction of sp³-hybridized carbons (Fsp3) is 0.667. The van der Waals surface area contributed by atoms with Gasteiger partial charge in [0.15, 0.2) is 5.96 Å². The molecule has 2 aromatic heterocycles. The second kappa shape index (κ2) is 9.07. The fourth-order valence-electron chi connectivity index (χ4n) is 3.56. The third kappa shape index (κ3) is 5.56. The minimum Gasteiger partial charge on any atom is -0.357 e. The van der Waals surface area contributed by atoms with Gasteiger partial charge >= 0.3 is 0 Å². The van der Waals surface area contributed by atoms with E-state index < -0.39 is 0 Å². The average molecular weight is 403 g/mol. The monoisotopic (exact) mass is 402 g/mol. The Morgan fingerprint density at radius 1 is 1.39 bits per heavy atom. The predicted octanol–water partition coefficient (Wildman–Crippen LogP) is 3.25. The molecule has 3 rings (SSSR count). The molecular formula is C21H34N6S. The minimum atomic E-state index is 0.117. The number of nitrogens with one attached hydrogen (secondary N) is 1. The Labute approximate surface area is 173 Å². The van der Waals surface area contributed by atoms with Gasteiger partial charge in [-0.05, 0) is 31.2 Å². The number of hydrogen-bond acceptors (Lipinski definition) is 4. The molecule has 0 spiro atoms. The Morgan fingerprint density at radius 3 is 2.86 bits per heavy atom. The van der Waals surface area contributed by atoms with E-state index in [0.29, 0.717) is 5.92 Å². The summed E-state index contributed by atoms with van der Waals surface area (Å²) in [5.74, 6) is 1.71. The summed E-state index contributed by atoms with van der Waals surface area (Å²) in [5.41, 5.74) is 2.63. The van der Waals surface area contributed by atoms with Crippen LogP contribution in [0.15, 0.2) is 22.8 Å². The normalized spacial score (nSPS) is 18.1. The van der Waals surface area contributed by atoms with E-state index in [2.05, 4.69) is 54.6 Å². The van der Waals surface area contributed by atoms with Crippen LogP contribution in [0.25, 0.3) is 0 Å². The number of aromatic nitrogens is 3. The highest BCUT2D eigenvalue weighted by Gasteiger charge is 2.25. The van der Waals surface area contributed by atoms with Crippen molar-refractivity contribution in [1.29, 1.82) is 0 Å². The Kier molecular flexibility index (Phi) is 6.75. The lowest BCUT2D eigenvalue weighted by molar-refractivity contribution is 0.460. The maximum atomic E-state index is 4.89. The zero-order chi connectivity index (χ0) is 20.1. The Hall–Kier alpha value is -1.89. The Bertz CT molecular complexity index is 785. The number of likely N-dealkylation sites (tertiary alicyclic amines) is 1. The molecule has 0 aliphatic carbocycles. The van der Waals surface area contributed by atoms with Crippen molar-refractivity contribution in [3.05, 3.63) is 34.0 Å². The van der Waals surface area contributed by atoms with Gasteiger partial charge in [0.25, 0.3) is 0 Å². The van der Waals surface area contributed by atoms with Crippen LogP contribution in [0.5, 0.6) is 0 Å². The quantitative estimate of drug-likeness (QED) is 0.595. The van der Waals surface area contributed by atoms with Gasteiger partial charge in [0, 0.05) is 56.6 Å². The van der Waals surface area contributed by atoms with Crippen LogP contribution in [0.4, 0.5) is 0 Å². The maximum absolute atomic E-state index is 4.89. The topological polar surface area (TPSA) is 58.3 Å². The maximum Gasteiger partial charge on any atom is 0.193 e. The molecule has 1 fully saturated rings. The molecule has 0 bridgehead atoms. The van der Waals surface area contributed by atoms with Gasteiger partial charge in [0.1, 0.15) is 0 Å². The molecule has 28 heavy (non-hydrogen) atoms. The third-order valence-corrected chi connectivity index (χ3v) is 6.02. The standard InChI is InChI=1S/C21H34N6S/c1-6-22-20(23-9-7-19-25-18(15-28-19)21(2,3)4)27-10-8-16(14-27)11-17-12-24-26(5)13-17/h12-13,15-16H,6-11,14H2,1-5H3,(H,22,23). The van der Waals surface area contributed by atoms with E-state index in [1.165, 1.54) is 22.7 Å². The van der Waals surface area contributed by atoms with Gasteiger partial charge in [-0.25, -0.2) is 4.98 Å². The molecule has 3 heterocycles. The van der Waals surface area contributed by atoms with E-state index in [0.717, 1.165) is 45.0 Å².